The monoisotopic (exact) mass is 257 g/mol. The van der Waals surface area contributed by atoms with Crippen LogP contribution in [0.25, 0.3) is 6.08 Å². The van der Waals surface area contributed by atoms with Gasteiger partial charge in [-0.3, -0.25) is 4.79 Å². The molecule has 0 saturated carbocycles. The Morgan fingerprint density at radius 3 is 2.58 bits per heavy atom. The Labute approximate surface area is 114 Å². The van der Waals surface area contributed by atoms with Crippen LogP contribution in [0.4, 0.5) is 0 Å². The molecule has 0 aliphatic carbocycles. The van der Waals surface area contributed by atoms with Gasteiger partial charge in [0, 0.05) is 19.0 Å². The normalized spacial score (nSPS) is 11.0. The van der Waals surface area contributed by atoms with Crippen LogP contribution in [0.15, 0.2) is 48.6 Å². The Balaban J connectivity index is 2.23. The second-order valence-electron chi connectivity index (χ2n) is 4.23. The summed E-state index contributed by atoms with van der Waals surface area (Å²) in [5.74, 6) is 0.0110. The average Bonchev–Trinajstić information content (AvgIpc) is 2.41. The molecule has 1 N–H and O–H groups in total. The lowest BCUT2D eigenvalue weighted by atomic mass is 10.2. The van der Waals surface area contributed by atoms with Gasteiger partial charge in [-0.25, -0.2) is 0 Å². The molecule has 3 nitrogen and oxygen atoms in total. The number of carbonyl (C=O) groups excluding carboxylic acids is 2. The molecule has 100 valence electrons. The fraction of sp³-hybridized carbons (Fsp3) is 0.250. The van der Waals surface area contributed by atoms with E-state index in [4.69, 9.17) is 0 Å². The Morgan fingerprint density at radius 2 is 1.89 bits per heavy atom. The zero-order valence-corrected chi connectivity index (χ0v) is 11.1. The van der Waals surface area contributed by atoms with Crippen LogP contribution in [0.1, 0.15) is 25.3 Å². The zero-order chi connectivity index (χ0) is 13.9. The first-order valence-electron chi connectivity index (χ1n) is 6.35. The van der Waals surface area contributed by atoms with Gasteiger partial charge in [0.25, 0.3) is 0 Å². The number of hydrogen-bond donors (Lipinski definition) is 1. The number of hydrogen-bond acceptors (Lipinski definition) is 2. The van der Waals surface area contributed by atoms with Gasteiger partial charge in [0.1, 0.15) is 5.78 Å². The van der Waals surface area contributed by atoms with Crippen LogP contribution in [0.5, 0.6) is 0 Å². The van der Waals surface area contributed by atoms with Crippen LogP contribution in [-0.4, -0.2) is 18.2 Å². The summed E-state index contributed by atoms with van der Waals surface area (Å²) >= 11 is 0. The van der Waals surface area contributed by atoms with Crippen molar-refractivity contribution in [1.82, 2.24) is 5.32 Å². The third kappa shape index (κ3) is 7.71. The summed E-state index contributed by atoms with van der Waals surface area (Å²) in [5.41, 5.74) is 1.09. The maximum atomic E-state index is 11.4. The summed E-state index contributed by atoms with van der Waals surface area (Å²) in [6.07, 6.45) is 8.14. The number of benzene rings is 1. The minimum atomic E-state index is -0.138. The molecule has 1 aromatic rings. The Morgan fingerprint density at radius 1 is 1.16 bits per heavy atom. The Bertz CT molecular complexity index is 461. The van der Waals surface area contributed by atoms with Gasteiger partial charge >= 0.3 is 0 Å². The molecule has 0 unspecified atom stereocenters. The molecule has 1 amide bonds. The van der Waals surface area contributed by atoms with Crippen LogP contribution in [-0.2, 0) is 9.59 Å². The first-order valence-corrected chi connectivity index (χ1v) is 6.35. The summed E-state index contributed by atoms with van der Waals surface area (Å²) in [6.45, 7) is 2.08. The molecule has 0 bridgehead atoms. The van der Waals surface area contributed by atoms with Gasteiger partial charge < -0.3 is 10.1 Å². The molecule has 0 saturated heterocycles. The number of allylic oxidation sites excluding steroid dienone is 2. The number of Topliss-reactive ketones (excluding diaryl/α,β-unsaturated/α-hetero) is 1. The number of nitrogens with one attached hydrogen (secondary N) is 1. The largest absolute Gasteiger partial charge is 0.353 e. The highest BCUT2D eigenvalue weighted by Gasteiger charge is 1.95. The van der Waals surface area contributed by atoms with Crippen molar-refractivity contribution in [1.29, 1.82) is 0 Å². The fourth-order valence-corrected chi connectivity index (χ4v) is 1.48. The average molecular weight is 257 g/mol. The molecule has 1 aromatic carbocycles. The summed E-state index contributed by atoms with van der Waals surface area (Å²) in [6, 6.07) is 9.87. The van der Waals surface area contributed by atoms with Crippen molar-refractivity contribution in [3.05, 3.63) is 54.1 Å². The summed E-state index contributed by atoms with van der Waals surface area (Å²) < 4.78 is 0. The smallest absolute Gasteiger partial charge is 0.243 e. The third-order valence-electron chi connectivity index (χ3n) is 2.45. The first-order chi connectivity index (χ1) is 9.18. The molecule has 1 rings (SSSR count). The second kappa shape index (κ2) is 8.86. The molecular weight excluding hydrogens is 238 g/mol. The van der Waals surface area contributed by atoms with Gasteiger partial charge in [0.2, 0.25) is 5.91 Å². The van der Waals surface area contributed by atoms with Gasteiger partial charge in [0.05, 0.1) is 0 Å². The van der Waals surface area contributed by atoms with E-state index >= 15 is 0 Å². The lowest BCUT2D eigenvalue weighted by Gasteiger charge is -1.99. The van der Waals surface area contributed by atoms with Crippen molar-refractivity contribution >= 4 is 17.8 Å². The highest BCUT2D eigenvalue weighted by molar-refractivity contribution is 5.87. The summed E-state index contributed by atoms with van der Waals surface area (Å²) in [7, 11) is 0. The molecule has 3 heteroatoms. The van der Waals surface area contributed by atoms with E-state index in [0.717, 1.165) is 5.56 Å². The van der Waals surface area contributed by atoms with E-state index in [2.05, 4.69) is 5.32 Å². The van der Waals surface area contributed by atoms with Crippen LogP contribution < -0.4 is 5.32 Å². The summed E-state index contributed by atoms with van der Waals surface area (Å²) in [5, 5.41) is 2.72. The molecule has 0 fully saturated rings. The van der Waals surface area contributed by atoms with Gasteiger partial charge in [-0.15, -0.1) is 0 Å². The number of carbonyl (C=O) groups is 2. The SMILES string of the molecule is CC(=O)CCCNC(=O)/C=C/C=C/c1ccccc1. The fourth-order valence-electron chi connectivity index (χ4n) is 1.48. The number of ketones is 1. The molecule has 0 aromatic heterocycles. The molecular formula is C16H19NO2. The van der Waals surface area contributed by atoms with E-state index in [1.807, 2.05) is 42.5 Å². The topological polar surface area (TPSA) is 46.2 Å². The van der Waals surface area contributed by atoms with Gasteiger partial charge in [-0.2, -0.15) is 0 Å². The highest BCUT2D eigenvalue weighted by Crippen LogP contribution is 2.00. The molecule has 0 aliphatic rings. The van der Waals surface area contributed by atoms with Crippen LogP contribution >= 0.6 is 0 Å². The molecule has 0 spiro atoms. The van der Waals surface area contributed by atoms with Crippen molar-refractivity contribution < 1.29 is 9.59 Å². The molecule has 0 atom stereocenters. The molecule has 0 heterocycles. The van der Waals surface area contributed by atoms with Gasteiger partial charge in [-0.05, 0) is 18.9 Å². The number of amides is 1. The van der Waals surface area contributed by atoms with Crippen molar-refractivity contribution in [2.24, 2.45) is 0 Å². The van der Waals surface area contributed by atoms with Crippen molar-refractivity contribution in [3.8, 4) is 0 Å². The standard InChI is InChI=1S/C16H19NO2/c1-14(18)8-7-13-17-16(19)12-6-5-11-15-9-3-2-4-10-15/h2-6,9-12H,7-8,13H2,1H3,(H,17,19)/b11-5+,12-6+. The van der Waals surface area contributed by atoms with E-state index in [1.165, 1.54) is 6.08 Å². The Hall–Kier alpha value is -2.16. The van der Waals surface area contributed by atoms with Crippen LogP contribution in [0.3, 0.4) is 0 Å². The quantitative estimate of drug-likeness (QED) is 0.464. The number of rotatable bonds is 7. The van der Waals surface area contributed by atoms with Gasteiger partial charge in [0.15, 0.2) is 0 Å². The lowest BCUT2D eigenvalue weighted by molar-refractivity contribution is -0.118. The first kappa shape index (κ1) is 14.9. The van der Waals surface area contributed by atoms with Crippen molar-refractivity contribution in [3.63, 3.8) is 0 Å². The van der Waals surface area contributed by atoms with E-state index in [0.29, 0.717) is 19.4 Å². The lowest BCUT2D eigenvalue weighted by Crippen LogP contribution is -2.22. The minimum absolute atomic E-state index is 0.138. The molecule has 0 aliphatic heterocycles. The summed E-state index contributed by atoms with van der Waals surface area (Å²) in [4.78, 5) is 22.1. The third-order valence-corrected chi connectivity index (χ3v) is 2.45. The van der Waals surface area contributed by atoms with Crippen molar-refractivity contribution in [2.45, 2.75) is 19.8 Å². The minimum Gasteiger partial charge on any atom is -0.353 e. The Kier molecular flexibility index (Phi) is 6.95. The van der Waals surface area contributed by atoms with E-state index in [1.54, 1.807) is 13.0 Å². The van der Waals surface area contributed by atoms with Gasteiger partial charge in [-0.1, -0.05) is 48.6 Å². The zero-order valence-electron chi connectivity index (χ0n) is 11.1. The maximum Gasteiger partial charge on any atom is 0.243 e. The predicted octanol–water partition coefficient (Wildman–Crippen LogP) is 2.74. The van der Waals surface area contributed by atoms with Crippen LogP contribution in [0, 0.1) is 0 Å². The van der Waals surface area contributed by atoms with E-state index < -0.39 is 0 Å². The maximum absolute atomic E-state index is 11.4. The predicted molar refractivity (Wildman–Crippen MR) is 77.5 cm³/mol. The second-order valence-corrected chi connectivity index (χ2v) is 4.23. The highest BCUT2D eigenvalue weighted by atomic mass is 16.1. The van der Waals surface area contributed by atoms with E-state index in [-0.39, 0.29) is 11.7 Å². The molecule has 19 heavy (non-hydrogen) atoms. The molecule has 0 radical (unpaired) electrons. The van der Waals surface area contributed by atoms with Crippen molar-refractivity contribution in [2.75, 3.05) is 6.54 Å². The van der Waals surface area contributed by atoms with Crippen LogP contribution in [0.2, 0.25) is 0 Å². The van der Waals surface area contributed by atoms with E-state index in [9.17, 15) is 9.59 Å².